The van der Waals surface area contributed by atoms with Crippen LogP contribution in [0.4, 0.5) is 5.00 Å². The Morgan fingerprint density at radius 2 is 2.25 bits per heavy atom. The van der Waals surface area contributed by atoms with Crippen molar-refractivity contribution in [3.8, 4) is 12.3 Å². The molecule has 2 heterocycles. The number of thiophene rings is 1. The van der Waals surface area contributed by atoms with Gasteiger partial charge in [0.2, 0.25) is 12.3 Å². The monoisotopic (exact) mass is 416 g/mol. The second-order valence-corrected chi connectivity index (χ2v) is 7.77. The van der Waals surface area contributed by atoms with Crippen LogP contribution < -0.4 is 5.32 Å². The number of benzene rings is 1. The van der Waals surface area contributed by atoms with E-state index in [-0.39, 0.29) is 5.91 Å². The summed E-state index contributed by atoms with van der Waals surface area (Å²) in [5.41, 5.74) is 2.66. The number of anilines is 1. The molecular weight excluding hydrogens is 396 g/mol. The van der Waals surface area contributed by atoms with Gasteiger partial charge in [-0.15, -0.1) is 17.8 Å². The zero-order valence-electron chi connectivity index (χ0n) is 15.4. The Kier molecular flexibility index (Phi) is 6.89. The van der Waals surface area contributed by atoms with Crippen LogP contribution in [0.25, 0.3) is 6.08 Å². The van der Waals surface area contributed by atoms with Gasteiger partial charge in [-0.05, 0) is 42.7 Å². The molecular formula is C21H21ClN2O3S. The van der Waals surface area contributed by atoms with Gasteiger partial charge in [-0.25, -0.2) is 4.90 Å². The molecule has 146 valence electrons. The quantitative estimate of drug-likeness (QED) is 0.428. The molecule has 0 radical (unpaired) electrons. The summed E-state index contributed by atoms with van der Waals surface area (Å²) in [6.45, 7) is 3.45. The lowest BCUT2D eigenvalue weighted by molar-refractivity contribution is -0.194. The molecule has 3 rings (SSSR count). The number of rotatable bonds is 6. The van der Waals surface area contributed by atoms with Gasteiger partial charge in [0.25, 0.3) is 0 Å². The highest BCUT2D eigenvalue weighted by Gasteiger charge is 2.27. The van der Waals surface area contributed by atoms with Crippen molar-refractivity contribution in [2.24, 2.45) is 0 Å². The van der Waals surface area contributed by atoms with Crippen LogP contribution in [0.3, 0.4) is 0 Å². The number of hydrogen-bond acceptors (Lipinski definition) is 5. The highest BCUT2D eigenvalue weighted by atomic mass is 35.5. The Hall–Kier alpha value is -2.14. The summed E-state index contributed by atoms with van der Waals surface area (Å²) in [4.78, 5) is 15.2. The molecule has 1 aromatic heterocycles. The number of terminal acetylenes is 1. The first-order valence-electron chi connectivity index (χ1n) is 8.91. The Morgan fingerprint density at radius 1 is 1.50 bits per heavy atom. The number of carbonyl (C=O) groups excluding carboxylic acids is 1. The second-order valence-electron chi connectivity index (χ2n) is 6.23. The topological polar surface area (TPSA) is 61.8 Å². The van der Waals surface area contributed by atoms with Gasteiger partial charge in [0.1, 0.15) is 5.00 Å². The predicted molar refractivity (Wildman–Crippen MR) is 113 cm³/mol. The van der Waals surface area contributed by atoms with Gasteiger partial charge < -0.3 is 15.2 Å². The summed E-state index contributed by atoms with van der Waals surface area (Å²) in [6.07, 6.45) is 8.65. The van der Waals surface area contributed by atoms with Crippen LogP contribution in [0.2, 0.25) is 5.02 Å². The summed E-state index contributed by atoms with van der Waals surface area (Å²) >= 11 is 7.31. The third-order valence-corrected chi connectivity index (χ3v) is 5.78. The van der Waals surface area contributed by atoms with E-state index in [4.69, 9.17) is 22.8 Å². The summed E-state index contributed by atoms with van der Waals surface area (Å²) in [6, 6.07) is 7.21. The number of fused-ring (bicyclic) bond motifs is 1. The molecule has 0 bridgehead atoms. The van der Waals surface area contributed by atoms with E-state index in [1.807, 2.05) is 24.0 Å². The van der Waals surface area contributed by atoms with Crippen molar-refractivity contribution in [3.63, 3.8) is 0 Å². The molecule has 28 heavy (non-hydrogen) atoms. The molecule has 1 aromatic carbocycles. The first kappa shape index (κ1) is 20.6. The normalized spacial score (nSPS) is 15.2. The van der Waals surface area contributed by atoms with Gasteiger partial charge in [-0.3, -0.25) is 4.79 Å². The molecule has 7 heteroatoms. The van der Waals surface area contributed by atoms with Crippen LogP contribution in [0, 0.1) is 12.3 Å². The largest absolute Gasteiger partial charge is 0.356 e. The van der Waals surface area contributed by atoms with E-state index in [1.165, 1.54) is 17.4 Å². The lowest BCUT2D eigenvalue weighted by atomic mass is 10.0. The number of nitrogens with zero attached hydrogens (tertiary/aromatic N) is 1. The van der Waals surface area contributed by atoms with E-state index in [2.05, 4.69) is 11.2 Å². The maximum Gasteiger partial charge on any atom is 0.249 e. The van der Waals surface area contributed by atoms with Crippen molar-refractivity contribution in [3.05, 3.63) is 56.9 Å². The highest BCUT2D eigenvalue weighted by Crippen LogP contribution is 2.37. The molecule has 0 fully saturated rings. The lowest BCUT2D eigenvalue weighted by Gasteiger charge is -2.30. The zero-order valence-corrected chi connectivity index (χ0v) is 17.0. The summed E-state index contributed by atoms with van der Waals surface area (Å²) < 4.78 is 5.26. The molecule has 2 aromatic rings. The minimum atomic E-state index is -0.935. The molecule has 1 aliphatic heterocycles. The molecule has 0 saturated carbocycles. The SMILES string of the molecule is C#Cc1c(NC(=O)/C=C/c2ccc(Cl)cc2)sc2c1CCN(C(O)OCC)C2. The number of hydrogen-bond donors (Lipinski definition) is 2. The summed E-state index contributed by atoms with van der Waals surface area (Å²) in [5.74, 6) is 2.45. The number of aliphatic hydroxyl groups is 1. The first-order chi connectivity index (χ1) is 13.5. The Balaban J connectivity index is 1.72. The van der Waals surface area contributed by atoms with Crippen LogP contribution in [-0.4, -0.2) is 35.5 Å². The molecule has 0 saturated heterocycles. The van der Waals surface area contributed by atoms with E-state index < -0.39 is 6.41 Å². The van der Waals surface area contributed by atoms with Gasteiger partial charge in [0.05, 0.1) is 5.56 Å². The van der Waals surface area contributed by atoms with Gasteiger partial charge in [-0.2, -0.15) is 0 Å². The van der Waals surface area contributed by atoms with Crippen LogP contribution in [-0.2, 0) is 22.5 Å². The van der Waals surface area contributed by atoms with Gasteiger partial charge in [-0.1, -0.05) is 29.7 Å². The standard InChI is InChI=1S/C21H21ClN2O3S/c1-3-16-17-11-12-24(21(26)27-4-2)13-18(17)28-20(16)23-19(25)10-7-14-5-8-15(22)9-6-14/h1,5-10,21,26H,4,11-13H2,2H3,(H,23,25)/b10-7+. The average Bonchev–Trinajstić information content (AvgIpc) is 3.03. The number of amides is 1. The maximum atomic E-state index is 12.3. The van der Waals surface area contributed by atoms with E-state index in [0.717, 1.165) is 21.6 Å². The Morgan fingerprint density at radius 3 is 2.93 bits per heavy atom. The summed E-state index contributed by atoms with van der Waals surface area (Å²) in [7, 11) is 0. The van der Waals surface area contributed by atoms with Crippen LogP contribution in [0.1, 0.15) is 28.5 Å². The van der Waals surface area contributed by atoms with Gasteiger partial charge in [0.15, 0.2) is 0 Å². The predicted octanol–water partition coefficient (Wildman–Crippen LogP) is 3.71. The Labute approximate surface area is 173 Å². The van der Waals surface area contributed by atoms with Gasteiger partial charge in [0, 0.05) is 35.7 Å². The highest BCUT2D eigenvalue weighted by molar-refractivity contribution is 7.16. The third kappa shape index (κ3) is 4.82. The number of ether oxygens (including phenoxy) is 1. The van der Waals surface area contributed by atoms with E-state index >= 15 is 0 Å². The van der Waals surface area contributed by atoms with Crippen molar-refractivity contribution >= 4 is 39.9 Å². The van der Waals surface area contributed by atoms with E-state index in [0.29, 0.717) is 36.1 Å². The molecule has 5 nitrogen and oxygen atoms in total. The minimum Gasteiger partial charge on any atom is -0.356 e. The number of nitrogens with one attached hydrogen (secondary N) is 1. The first-order valence-corrected chi connectivity index (χ1v) is 10.1. The minimum absolute atomic E-state index is 0.253. The fourth-order valence-electron chi connectivity index (χ4n) is 3.01. The molecule has 0 spiro atoms. The lowest BCUT2D eigenvalue weighted by Crippen LogP contribution is -2.40. The second kappa shape index (κ2) is 9.37. The van der Waals surface area contributed by atoms with Crippen molar-refractivity contribution in [2.45, 2.75) is 26.3 Å². The van der Waals surface area contributed by atoms with Gasteiger partial charge >= 0.3 is 0 Å². The number of halogens is 1. The fraction of sp³-hybridized carbons (Fsp3) is 0.286. The molecule has 1 amide bonds. The average molecular weight is 417 g/mol. The van der Waals surface area contributed by atoms with Crippen LogP contribution in [0.5, 0.6) is 0 Å². The number of carbonyl (C=O) groups is 1. The van der Waals surface area contributed by atoms with E-state index in [9.17, 15) is 9.90 Å². The molecule has 1 aliphatic rings. The molecule has 1 unspecified atom stereocenters. The molecule has 0 aliphatic carbocycles. The molecule has 1 atom stereocenters. The maximum absolute atomic E-state index is 12.3. The fourth-order valence-corrected chi connectivity index (χ4v) is 4.37. The molecule has 2 N–H and O–H groups in total. The summed E-state index contributed by atoms with van der Waals surface area (Å²) in [5, 5.41) is 14.2. The number of aliphatic hydroxyl groups excluding tert-OH is 1. The third-order valence-electron chi connectivity index (χ3n) is 4.39. The van der Waals surface area contributed by atoms with Crippen molar-refractivity contribution in [1.82, 2.24) is 4.90 Å². The van der Waals surface area contributed by atoms with Crippen LogP contribution in [0.15, 0.2) is 30.3 Å². The Bertz CT molecular complexity index is 915. The van der Waals surface area contributed by atoms with Crippen molar-refractivity contribution < 1.29 is 14.6 Å². The zero-order chi connectivity index (χ0) is 20.1. The van der Waals surface area contributed by atoms with Crippen molar-refractivity contribution in [1.29, 1.82) is 0 Å². The van der Waals surface area contributed by atoms with Crippen molar-refractivity contribution in [2.75, 3.05) is 18.5 Å². The van der Waals surface area contributed by atoms with E-state index in [1.54, 1.807) is 18.2 Å². The smallest absolute Gasteiger partial charge is 0.249 e. The van der Waals surface area contributed by atoms with Crippen LogP contribution >= 0.6 is 22.9 Å².